The first-order chi connectivity index (χ1) is 8.69. The molecule has 19 heavy (non-hydrogen) atoms. The van der Waals surface area contributed by atoms with Crippen molar-refractivity contribution in [2.24, 2.45) is 0 Å². The SMILES string of the molecule is CC(C)O[C@H]1C=C[C@H](N(O)C(=O)OC(C)(C)C)CC1. The highest BCUT2D eigenvalue weighted by molar-refractivity contribution is 5.67. The van der Waals surface area contributed by atoms with Crippen LogP contribution in [-0.2, 0) is 9.47 Å². The molecule has 1 rings (SSSR count). The van der Waals surface area contributed by atoms with E-state index in [0.717, 1.165) is 6.42 Å². The standard InChI is InChI=1S/C14H25NO4/c1-10(2)18-12-8-6-11(7-9-12)15(17)13(16)19-14(3,4)5/h6,8,10-12,17H,7,9H2,1-5H3/t11-,12-/m0/s1. The minimum atomic E-state index is -0.717. The van der Waals surface area contributed by atoms with Crippen LogP contribution in [0.5, 0.6) is 0 Å². The summed E-state index contributed by atoms with van der Waals surface area (Å²) in [4.78, 5) is 11.7. The summed E-state index contributed by atoms with van der Waals surface area (Å²) in [6.07, 6.45) is 4.63. The van der Waals surface area contributed by atoms with Gasteiger partial charge in [-0.15, -0.1) is 0 Å². The molecule has 0 aromatic heterocycles. The maximum absolute atomic E-state index is 11.7. The minimum absolute atomic E-state index is 0.0586. The van der Waals surface area contributed by atoms with Crippen molar-refractivity contribution in [2.75, 3.05) is 0 Å². The van der Waals surface area contributed by atoms with E-state index in [2.05, 4.69) is 0 Å². The monoisotopic (exact) mass is 271 g/mol. The molecule has 1 aliphatic rings. The lowest BCUT2D eigenvalue weighted by Crippen LogP contribution is -2.42. The van der Waals surface area contributed by atoms with Crippen LogP contribution in [0, 0.1) is 0 Å². The Kier molecular flexibility index (Phi) is 5.38. The van der Waals surface area contributed by atoms with Gasteiger partial charge in [0, 0.05) is 0 Å². The zero-order chi connectivity index (χ0) is 14.6. The lowest BCUT2D eigenvalue weighted by Gasteiger charge is -2.30. The Bertz CT molecular complexity index is 333. The fourth-order valence-electron chi connectivity index (χ4n) is 1.89. The van der Waals surface area contributed by atoms with Gasteiger partial charge in [-0.1, -0.05) is 12.2 Å². The molecular formula is C14H25NO4. The summed E-state index contributed by atoms with van der Waals surface area (Å²) in [6.45, 7) is 9.27. The molecule has 0 fully saturated rings. The van der Waals surface area contributed by atoms with E-state index in [0.29, 0.717) is 11.5 Å². The summed E-state index contributed by atoms with van der Waals surface area (Å²) in [6, 6.07) is -0.345. The van der Waals surface area contributed by atoms with Gasteiger partial charge in [0.2, 0.25) is 0 Å². The van der Waals surface area contributed by atoms with Crippen molar-refractivity contribution in [3.05, 3.63) is 12.2 Å². The molecule has 0 radical (unpaired) electrons. The lowest BCUT2D eigenvalue weighted by atomic mass is 10.0. The summed E-state index contributed by atoms with van der Waals surface area (Å²) in [5, 5.41) is 10.5. The fraction of sp³-hybridized carbons (Fsp3) is 0.786. The van der Waals surface area contributed by atoms with Gasteiger partial charge in [-0.2, -0.15) is 5.06 Å². The number of hydrogen-bond donors (Lipinski definition) is 1. The van der Waals surface area contributed by atoms with E-state index in [1.54, 1.807) is 26.8 Å². The molecule has 0 aromatic rings. The van der Waals surface area contributed by atoms with E-state index in [4.69, 9.17) is 9.47 Å². The molecule has 0 aliphatic heterocycles. The van der Waals surface area contributed by atoms with Gasteiger partial charge >= 0.3 is 6.09 Å². The number of carbonyl (C=O) groups is 1. The zero-order valence-corrected chi connectivity index (χ0v) is 12.4. The highest BCUT2D eigenvalue weighted by atomic mass is 16.6. The maximum Gasteiger partial charge on any atom is 0.434 e. The van der Waals surface area contributed by atoms with Crippen LogP contribution in [0.1, 0.15) is 47.5 Å². The first-order valence-electron chi connectivity index (χ1n) is 6.74. The largest absolute Gasteiger partial charge is 0.442 e. The first-order valence-corrected chi connectivity index (χ1v) is 6.74. The molecule has 110 valence electrons. The number of rotatable bonds is 3. The van der Waals surface area contributed by atoms with Crippen LogP contribution in [0.25, 0.3) is 0 Å². The number of carbonyl (C=O) groups excluding carboxylic acids is 1. The molecule has 0 aromatic carbocycles. The van der Waals surface area contributed by atoms with E-state index in [1.165, 1.54) is 0 Å². The summed E-state index contributed by atoms with van der Waals surface area (Å²) in [7, 11) is 0. The third kappa shape index (κ3) is 5.61. The fourth-order valence-corrected chi connectivity index (χ4v) is 1.89. The second kappa shape index (κ2) is 6.39. The molecule has 1 amide bonds. The van der Waals surface area contributed by atoms with Crippen LogP contribution in [-0.4, -0.2) is 40.2 Å². The Morgan fingerprint density at radius 2 is 1.95 bits per heavy atom. The number of hydrogen-bond acceptors (Lipinski definition) is 4. The average molecular weight is 271 g/mol. The molecule has 5 heteroatoms. The summed E-state index contributed by atoms with van der Waals surface area (Å²) >= 11 is 0. The predicted molar refractivity (Wildman–Crippen MR) is 72.0 cm³/mol. The summed E-state index contributed by atoms with van der Waals surface area (Å²) < 4.78 is 10.8. The molecule has 5 nitrogen and oxygen atoms in total. The van der Waals surface area contributed by atoms with Gasteiger partial charge in [-0.05, 0) is 47.5 Å². The van der Waals surface area contributed by atoms with E-state index in [-0.39, 0.29) is 18.2 Å². The van der Waals surface area contributed by atoms with Crippen LogP contribution >= 0.6 is 0 Å². The van der Waals surface area contributed by atoms with Gasteiger partial charge in [0.15, 0.2) is 0 Å². The van der Waals surface area contributed by atoms with E-state index in [1.807, 2.05) is 19.9 Å². The molecule has 1 aliphatic carbocycles. The zero-order valence-electron chi connectivity index (χ0n) is 12.4. The molecule has 0 bridgehead atoms. The van der Waals surface area contributed by atoms with Crippen molar-refractivity contribution in [1.29, 1.82) is 0 Å². The molecule has 1 N–H and O–H groups in total. The highest BCUT2D eigenvalue weighted by Gasteiger charge is 2.28. The van der Waals surface area contributed by atoms with Crippen molar-refractivity contribution in [2.45, 2.75) is 71.3 Å². The number of hydroxylamine groups is 2. The molecule has 0 saturated carbocycles. The van der Waals surface area contributed by atoms with Crippen LogP contribution in [0.2, 0.25) is 0 Å². The Balaban J connectivity index is 2.52. The lowest BCUT2D eigenvalue weighted by molar-refractivity contribution is -0.115. The van der Waals surface area contributed by atoms with Gasteiger partial charge in [0.05, 0.1) is 18.2 Å². The van der Waals surface area contributed by atoms with E-state index < -0.39 is 11.7 Å². The van der Waals surface area contributed by atoms with Gasteiger partial charge < -0.3 is 9.47 Å². The van der Waals surface area contributed by atoms with Crippen molar-refractivity contribution < 1.29 is 19.5 Å². The quantitative estimate of drug-likeness (QED) is 0.487. The summed E-state index contributed by atoms with van der Waals surface area (Å²) in [5.41, 5.74) is -0.611. The van der Waals surface area contributed by atoms with Gasteiger partial charge in [-0.25, -0.2) is 4.79 Å². The van der Waals surface area contributed by atoms with Crippen LogP contribution in [0.3, 0.4) is 0 Å². The Hall–Kier alpha value is -1.07. The third-order valence-corrected chi connectivity index (χ3v) is 2.64. The van der Waals surface area contributed by atoms with Gasteiger partial charge in [0.25, 0.3) is 0 Å². The number of nitrogens with zero attached hydrogens (tertiary/aromatic N) is 1. The molecule has 0 spiro atoms. The maximum atomic E-state index is 11.7. The minimum Gasteiger partial charge on any atom is -0.442 e. The van der Waals surface area contributed by atoms with Crippen LogP contribution in [0.4, 0.5) is 4.79 Å². The van der Waals surface area contributed by atoms with Gasteiger partial charge in [-0.3, -0.25) is 5.21 Å². The number of amides is 1. The second-order valence-electron chi connectivity index (χ2n) is 6.08. The van der Waals surface area contributed by atoms with Crippen molar-refractivity contribution in [1.82, 2.24) is 5.06 Å². The topological polar surface area (TPSA) is 59.0 Å². The molecular weight excluding hydrogens is 246 g/mol. The van der Waals surface area contributed by atoms with Crippen LogP contribution < -0.4 is 0 Å². The second-order valence-corrected chi connectivity index (χ2v) is 6.08. The highest BCUT2D eigenvalue weighted by Crippen LogP contribution is 2.20. The van der Waals surface area contributed by atoms with Crippen molar-refractivity contribution in [3.8, 4) is 0 Å². The van der Waals surface area contributed by atoms with E-state index >= 15 is 0 Å². The predicted octanol–water partition coefficient (Wildman–Crippen LogP) is 3.12. The average Bonchev–Trinajstić information content (AvgIpc) is 2.26. The third-order valence-electron chi connectivity index (χ3n) is 2.64. The van der Waals surface area contributed by atoms with E-state index in [9.17, 15) is 10.0 Å². The Morgan fingerprint density at radius 3 is 2.37 bits per heavy atom. The van der Waals surface area contributed by atoms with Crippen molar-refractivity contribution >= 4 is 6.09 Å². The summed E-state index contributed by atoms with van der Waals surface area (Å²) in [5.74, 6) is 0. The molecule has 0 unspecified atom stereocenters. The number of ether oxygens (including phenoxy) is 2. The van der Waals surface area contributed by atoms with Gasteiger partial charge in [0.1, 0.15) is 5.60 Å². The van der Waals surface area contributed by atoms with Crippen LogP contribution in [0.15, 0.2) is 12.2 Å². The van der Waals surface area contributed by atoms with Crippen molar-refractivity contribution in [3.63, 3.8) is 0 Å². The molecule has 0 heterocycles. The smallest absolute Gasteiger partial charge is 0.434 e. The normalized spacial score (nSPS) is 23.5. The first kappa shape index (κ1) is 16.0. The molecule has 2 atom stereocenters. The Labute approximate surface area is 115 Å². The Morgan fingerprint density at radius 1 is 1.32 bits per heavy atom. The molecule has 0 saturated heterocycles.